The quantitative estimate of drug-likeness (QED) is 0.491. The summed E-state index contributed by atoms with van der Waals surface area (Å²) in [6.07, 6.45) is 4.16. The van der Waals surface area contributed by atoms with Gasteiger partial charge in [0.1, 0.15) is 11.6 Å². The highest BCUT2D eigenvalue weighted by Gasteiger charge is 2.32. The van der Waals surface area contributed by atoms with Crippen LogP contribution in [0.15, 0.2) is 42.5 Å². The maximum absolute atomic E-state index is 13.6. The van der Waals surface area contributed by atoms with E-state index in [1.54, 1.807) is 26.4 Å². The smallest absolute Gasteiger partial charge is 0.224 e. The molecular formula is C29H40FN3O4. The Morgan fingerprint density at radius 1 is 1.11 bits per heavy atom. The fraction of sp³-hybridized carbons (Fsp3) is 0.552. The zero-order valence-corrected chi connectivity index (χ0v) is 22.2. The molecule has 0 bridgehead atoms. The van der Waals surface area contributed by atoms with Gasteiger partial charge in [0.05, 0.1) is 26.7 Å². The fourth-order valence-electron chi connectivity index (χ4n) is 5.60. The average molecular weight is 514 g/mol. The molecule has 37 heavy (non-hydrogen) atoms. The Hall–Kier alpha value is -2.84. The van der Waals surface area contributed by atoms with Crippen molar-refractivity contribution < 1.29 is 23.4 Å². The summed E-state index contributed by atoms with van der Waals surface area (Å²) in [5.41, 5.74) is 1.09. The highest BCUT2D eigenvalue weighted by Crippen LogP contribution is 2.30. The van der Waals surface area contributed by atoms with E-state index in [1.807, 2.05) is 18.2 Å². The molecule has 7 nitrogen and oxygen atoms in total. The summed E-state index contributed by atoms with van der Waals surface area (Å²) in [6.45, 7) is 4.43. The van der Waals surface area contributed by atoms with Gasteiger partial charge in [0, 0.05) is 44.2 Å². The van der Waals surface area contributed by atoms with Crippen LogP contribution >= 0.6 is 0 Å². The molecule has 2 aliphatic rings. The van der Waals surface area contributed by atoms with E-state index >= 15 is 0 Å². The first-order valence-corrected chi connectivity index (χ1v) is 13.2. The summed E-state index contributed by atoms with van der Waals surface area (Å²) in [7, 11) is 5.42. The maximum Gasteiger partial charge on any atom is 0.224 e. The molecule has 2 saturated heterocycles. The van der Waals surface area contributed by atoms with Crippen molar-refractivity contribution in [2.75, 3.05) is 54.1 Å². The zero-order valence-electron chi connectivity index (χ0n) is 22.2. The normalized spacial score (nSPS) is 22.5. The lowest BCUT2D eigenvalue weighted by molar-refractivity contribution is -0.127. The Morgan fingerprint density at radius 2 is 1.95 bits per heavy atom. The molecule has 2 aromatic carbocycles. The van der Waals surface area contributed by atoms with Crippen molar-refractivity contribution in [2.24, 2.45) is 11.8 Å². The molecule has 0 radical (unpaired) electrons. The van der Waals surface area contributed by atoms with Crippen LogP contribution in [-0.2, 0) is 11.3 Å². The van der Waals surface area contributed by atoms with E-state index in [0.29, 0.717) is 49.5 Å². The summed E-state index contributed by atoms with van der Waals surface area (Å²) < 4.78 is 30.4. The van der Waals surface area contributed by atoms with E-state index in [4.69, 9.17) is 14.2 Å². The van der Waals surface area contributed by atoms with Crippen molar-refractivity contribution >= 4 is 5.91 Å². The van der Waals surface area contributed by atoms with E-state index in [1.165, 1.54) is 25.0 Å². The maximum atomic E-state index is 13.6. The van der Waals surface area contributed by atoms with E-state index in [0.717, 1.165) is 31.5 Å². The molecule has 2 heterocycles. The van der Waals surface area contributed by atoms with Gasteiger partial charge in [-0.1, -0.05) is 12.1 Å². The number of nitrogens with one attached hydrogen (secondary N) is 1. The lowest BCUT2D eigenvalue weighted by Gasteiger charge is -2.37. The van der Waals surface area contributed by atoms with Gasteiger partial charge in [-0.3, -0.25) is 9.69 Å². The van der Waals surface area contributed by atoms with E-state index in [2.05, 4.69) is 22.2 Å². The number of carbonyl (C=O) groups is 1. The van der Waals surface area contributed by atoms with E-state index in [-0.39, 0.29) is 23.6 Å². The minimum Gasteiger partial charge on any atom is -0.493 e. The summed E-state index contributed by atoms with van der Waals surface area (Å²) >= 11 is 0. The molecule has 202 valence electrons. The molecular weight excluding hydrogens is 473 g/mol. The largest absolute Gasteiger partial charge is 0.493 e. The summed E-state index contributed by atoms with van der Waals surface area (Å²) in [5, 5.41) is 3.20. The van der Waals surface area contributed by atoms with Gasteiger partial charge in [-0.25, -0.2) is 4.39 Å². The van der Waals surface area contributed by atoms with Gasteiger partial charge in [0.25, 0.3) is 0 Å². The van der Waals surface area contributed by atoms with Gasteiger partial charge < -0.3 is 24.4 Å². The number of ether oxygens (including phenoxy) is 3. The van der Waals surface area contributed by atoms with Gasteiger partial charge in [-0.2, -0.15) is 0 Å². The highest BCUT2D eigenvalue weighted by molar-refractivity contribution is 5.79. The van der Waals surface area contributed by atoms with Crippen molar-refractivity contribution in [3.8, 4) is 17.2 Å². The van der Waals surface area contributed by atoms with Crippen molar-refractivity contribution in [2.45, 2.75) is 38.3 Å². The molecule has 3 atom stereocenters. The fourth-order valence-corrected chi connectivity index (χ4v) is 5.60. The molecule has 4 rings (SSSR count). The summed E-state index contributed by atoms with van der Waals surface area (Å²) in [6, 6.07) is 12.7. The summed E-state index contributed by atoms with van der Waals surface area (Å²) in [5.74, 6) is 1.70. The van der Waals surface area contributed by atoms with Gasteiger partial charge in [-0.05, 0) is 69.1 Å². The Morgan fingerprint density at radius 3 is 2.68 bits per heavy atom. The van der Waals surface area contributed by atoms with Crippen molar-refractivity contribution in [3.05, 3.63) is 53.8 Å². The third-order valence-electron chi connectivity index (χ3n) is 7.57. The predicted molar refractivity (Wildman–Crippen MR) is 142 cm³/mol. The van der Waals surface area contributed by atoms with E-state index in [9.17, 15) is 9.18 Å². The second-order valence-electron chi connectivity index (χ2n) is 10.3. The molecule has 8 heteroatoms. The van der Waals surface area contributed by atoms with E-state index < -0.39 is 0 Å². The monoisotopic (exact) mass is 513 g/mol. The molecule has 0 aromatic heterocycles. The van der Waals surface area contributed by atoms with Crippen LogP contribution in [-0.4, -0.2) is 75.8 Å². The van der Waals surface area contributed by atoms with Crippen LogP contribution in [0.5, 0.6) is 17.2 Å². The van der Waals surface area contributed by atoms with Gasteiger partial charge >= 0.3 is 0 Å². The second-order valence-corrected chi connectivity index (χ2v) is 10.3. The number of methoxy groups -OCH3 is 2. The van der Waals surface area contributed by atoms with Gasteiger partial charge in [0.15, 0.2) is 11.5 Å². The number of hydrogen-bond donors (Lipinski definition) is 1. The van der Waals surface area contributed by atoms with Crippen molar-refractivity contribution in [1.29, 1.82) is 0 Å². The second kappa shape index (κ2) is 13.1. The third-order valence-corrected chi connectivity index (χ3v) is 7.57. The predicted octanol–water partition coefficient (Wildman–Crippen LogP) is 3.96. The van der Waals surface area contributed by atoms with Crippen LogP contribution in [0.25, 0.3) is 0 Å². The molecule has 2 fully saturated rings. The first-order chi connectivity index (χ1) is 17.9. The van der Waals surface area contributed by atoms with Crippen molar-refractivity contribution in [1.82, 2.24) is 15.1 Å². The van der Waals surface area contributed by atoms with Crippen LogP contribution in [0.1, 0.15) is 31.2 Å². The number of nitrogens with zero attached hydrogens (tertiary/aromatic N) is 2. The van der Waals surface area contributed by atoms with Crippen LogP contribution < -0.4 is 19.5 Å². The number of piperidine rings is 1. The van der Waals surface area contributed by atoms with Gasteiger partial charge in [0.2, 0.25) is 5.91 Å². The van der Waals surface area contributed by atoms with Crippen LogP contribution in [0.2, 0.25) is 0 Å². The Balaban J connectivity index is 1.40. The Kier molecular flexibility index (Phi) is 9.63. The highest BCUT2D eigenvalue weighted by atomic mass is 19.1. The number of benzene rings is 2. The first-order valence-electron chi connectivity index (χ1n) is 13.2. The SMILES string of the molecule is COc1ccc(CN2C[C@@H](COc3cccc(F)c3)C[C@@H](C(=O)NCC[C@@H]3CCCN3C)C2)cc1OC. The molecule has 0 spiro atoms. The molecule has 1 N–H and O–H groups in total. The standard InChI is InChI=1S/C29H40FN3O4/c1-32-13-5-7-25(32)11-12-31-29(34)23-14-22(20-37-26-8-4-6-24(30)16-26)18-33(19-23)17-21-9-10-27(35-2)28(15-21)36-3/h4,6,8-10,15-16,22-23,25H,5,7,11-14,17-20H2,1-3H3,(H,31,34)/t22-,23+,25-/m0/s1. The first kappa shape index (κ1) is 27.2. The average Bonchev–Trinajstić information content (AvgIpc) is 3.31. The number of rotatable bonds is 11. The van der Waals surface area contributed by atoms with Crippen molar-refractivity contribution in [3.63, 3.8) is 0 Å². The Labute approximate surface area is 219 Å². The molecule has 0 unspecified atom stereocenters. The number of amides is 1. The molecule has 2 aliphatic heterocycles. The lowest BCUT2D eigenvalue weighted by Crippen LogP contribution is -2.47. The lowest BCUT2D eigenvalue weighted by atomic mass is 9.88. The molecule has 1 amide bonds. The third kappa shape index (κ3) is 7.58. The number of halogens is 1. The van der Waals surface area contributed by atoms with Crippen LogP contribution in [0, 0.1) is 17.7 Å². The number of likely N-dealkylation sites (tertiary alicyclic amines) is 2. The topological polar surface area (TPSA) is 63.3 Å². The minimum atomic E-state index is -0.318. The van der Waals surface area contributed by atoms with Gasteiger partial charge in [-0.15, -0.1) is 0 Å². The Bertz CT molecular complexity index is 1040. The minimum absolute atomic E-state index is 0.105. The zero-order chi connectivity index (χ0) is 26.2. The molecule has 0 saturated carbocycles. The molecule has 2 aromatic rings. The molecule has 0 aliphatic carbocycles. The van der Waals surface area contributed by atoms with Crippen LogP contribution in [0.4, 0.5) is 4.39 Å². The number of hydrogen-bond acceptors (Lipinski definition) is 6. The number of carbonyl (C=O) groups excluding carboxylic acids is 1. The summed E-state index contributed by atoms with van der Waals surface area (Å²) in [4.78, 5) is 17.9. The van der Waals surface area contributed by atoms with Crippen LogP contribution in [0.3, 0.4) is 0 Å².